The summed E-state index contributed by atoms with van der Waals surface area (Å²) in [7, 11) is -2.68. The topological polar surface area (TPSA) is 38.3 Å². The van der Waals surface area contributed by atoms with Gasteiger partial charge in [-0.05, 0) is 14.0 Å². The van der Waals surface area contributed by atoms with Crippen LogP contribution in [0.3, 0.4) is 0 Å². The summed E-state index contributed by atoms with van der Waals surface area (Å²) in [6.45, 7) is 1.69. The molecule has 0 aliphatic carbocycles. The Morgan fingerprint density at radius 1 is 1.88 bits per heavy atom. The van der Waals surface area contributed by atoms with Crippen LogP contribution in [0.4, 0.5) is 4.20 Å². The fraction of sp³-hybridized carbons (Fsp3) is 1.00. The molecular weight excluding hydrogens is 132 g/mol. The van der Waals surface area contributed by atoms with Crippen molar-refractivity contribution in [3.05, 3.63) is 0 Å². The lowest BCUT2D eigenvalue weighted by Gasteiger charge is -2.03. The maximum atomic E-state index is 12.0. The van der Waals surface area contributed by atoms with Gasteiger partial charge >= 0.3 is 7.83 Å². The molecule has 0 heterocycles. The normalized spacial score (nSPS) is 17.9. The van der Waals surface area contributed by atoms with E-state index in [0.29, 0.717) is 0 Å². The summed E-state index contributed by atoms with van der Waals surface area (Å²) >= 11 is 0. The molecule has 0 amide bonds. The van der Waals surface area contributed by atoms with Crippen molar-refractivity contribution in [1.82, 2.24) is 5.09 Å². The standard InChI is InChI=1S/C3H9FNO2P/c1-3-7-8(4,6)5-2/h3H2,1-2H3,(H,5,6). The summed E-state index contributed by atoms with van der Waals surface area (Å²) in [5.41, 5.74) is 0. The molecule has 0 radical (unpaired) electrons. The Morgan fingerprint density at radius 2 is 2.38 bits per heavy atom. The molecule has 5 heteroatoms. The molecule has 3 nitrogen and oxygen atoms in total. The molecule has 0 aromatic carbocycles. The molecule has 0 aromatic rings. The van der Waals surface area contributed by atoms with E-state index in [1.54, 1.807) is 6.92 Å². The average molecular weight is 141 g/mol. The highest BCUT2D eigenvalue weighted by Gasteiger charge is 2.16. The van der Waals surface area contributed by atoms with Crippen LogP contribution in [0, 0.1) is 0 Å². The van der Waals surface area contributed by atoms with Crippen LogP contribution < -0.4 is 5.09 Å². The molecule has 1 N–H and O–H groups in total. The smallest absolute Gasteiger partial charge is 0.294 e. The lowest BCUT2D eigenvalue weighted by Crippen LogP contribution is -2.00. The van der Waals surface area contributed by atoms with E-state index in [2.05, 4.69) is 4.52 Å². The minimum absolute atomic E-state index is 0.120. The molecule has 0 saturated carbocycles. The monoisotopic (exact) mass is 141 g/mol. The fourth-order valence-corrected chi connectivity index (χ4v) is 0.692. The van der Waals surface area contributed by atoms with Crippen LogP contribution in [0.5, 0.6) is 0 Å². The molecule has 0 aliphatic rings. The van der Waals surface area contributed by atoms with Crippen molar-refractivity contribution < 1.29 is 13.3 Å². The summed E-state index contributed by atoms with van der Waals surface area (Å²) < 4.78 is 26.4. The molecule has 0 spiro atoms. The second-order valence-electron chi connectivity index (χ2n) is 1.12. The van der Waals surface area contributed by atoms with Gasteiger partial charge in [-0.1, -0.05) is 0 Å². The molecule has 0 rings (SSSR count). The minimum atomic E-state index is -3.92. The Hall–Kier alpha value is 0.0800. The SMILES string of the molecule is CCOP(=O)(F)NC. The van der Waals surface area contributed by atoms with Crippen molar-refractivity contribution in [2.75, 3.05) is 13.7 Å². The highest BCUT2D eigenvalue weighted by Crippen LogP contribution is 2.42. The number of hydrogen-bond acceptors (Lipinski definition) is 2. The van der Waals surface area contributed by atoms with Gasteiger partial charge in [-0.3, -0.25) is 4.52 Å². The van der Waals surface area contributed by atoms with E-state index < -0.39 is 7.83 Å². The van der Waals surface area contributed by atoms with E-state index >= 15 is 0 Å². The van der Waals surface area contributed by atoms with Crippen LogP contribution in [-0.4, -0.2) is 13.7 Å². The zero-order valence-electron chi connectivity index (χ0n) is 4.85. The van der Waals surface area contributed by atoms with Crippen molar-refractivity contribution in [1.29, 1.82) is 0 Å². The predicted molar refractivity (Wildman–Crippen MR) is 29.4 cm³/mol. The van der Waals surface area contributed by atoms with Gasteiger partial charge in [-0.25, -0.2) is 9.65 Å². The van der Waals surface area contributed by atoms with Gasteiger partial charge < -0.3 is 0 Å². The third-order valence-electron chi connectivity index (χ3n) is 0.562. The van der Waals surface area contributed by atoms with Crippen molar-refractivity contribution in [3.63, 3.8) is 0 Å². The van der Waals surface area contributed by atoms with Gasteiger partial charge in [-0.2, -0.15) is 0 Å². The van der Waals surface area contributed by atoms with Crippen LogP contribution in [-0.2, 0) is 9.09 Å². The van der Waals surface area contributed by atoms with Crippen molar-refractivity contribution >= 4 is 7.83 Å². The molecule has 1 atom stereocenters. The first-order valence-corrected chi connectivity index (χ1v) is 3.77. The lowest BCUT2D eigenvalue weighted by molar-refractivity contribution is 0.297. The van der Waals surface area contributed by atoms with E-state index in [1.807, 2.05) is 5.09 Å². The first-order valence-electron chi connectivity index (χ1n) is 2.25. The third-order valence-corrected chi connectivity index (χ3v) is 1.69. The number of halogens is 1. The molecular formula is C3H9FNO2P. The molecule has 8 heavy (non-hydrogen) atoms. The highest BCUT2D eigenvalue weighted by molar-refractivity contribution is 7.51. The van der Waals surface area contributed by atoms with Gasteiger partial charge in [0, 0.05) is 0 Å². The molecule has 0 fully saturated rings. The highest BCUT2D eigenvalue weighted by atomic mass is 31.2. The number of hydrogen-bond donors (Lipinski definition) is 1. The van der Waals surface area contributed by atoms with E-state index in [1.165, 1.54) is 7.05 Å². The second-order valence-corrected chi connectivity index (χ2v) is 2.79. The van der Waals surface area contributed by atoms with E-state index in [0.717, 1.165) is 0 Å². The predicted octanol–water partition coefficient (Wildman–Crippen LogP) is 1.32. The quantitative estimate of drug-likeness (QED) is 0.602. The maximum Gasteiger partial charge on any atom is 0.442 e. The fourth-order valence-electron chi connectivity index (χ4n) is 0.231. The summed E-state index contributed by atoms with van der Waals surface area (Å²) in [5, 5.41) is 1.91. The van der Waals surface area contributed by atoms with Gasteiger partial charge in [-0.15, -0.1) is 4.20 Å². The summed E-state index contributed by atoms with van der Waals surface area (Å²) in [6.07, 6.45) is 0. The zero-order valence-corrected chi connectivity index (χ0v) is 5.74. The van der Waals surface area contributed by atoms with Crippen LogP contribution in [0.15, 0.2) is 0 Å². The zero-order chi connectivity index (χ0) is 6.62. The van der Waals surface area contributed by atoms with E-state index in [-0.39, 0.29) is 6.61 Å². The van der Waals surface area contributed by atoms with Gasteiger partial charge in [0.25, 0.3) is 0 Å². The van der Waals surface area contributed by atoms with Crippen molar-refractivity contribution in [3.8, 4) is 0 Å². The van der Waals surface area contributed by atoms with E-state index in [9.17, 15) is 8.76 Å². The molecule has 1 unspecified atom stereocenters. The van der Waals surface area contributed by atoms with Crippen LogP contribution in [0.25, 0.3) is 0 Å². The first-order chi connectivity index (χ1) is 3.62. The second kappa shape index (κ2) is 3.17. The Balaban J connectivity index is 3.55. The maximum absolute atomic E-state index is 12.0. The van der Waals surface area contributed by atoms with Crippen molar-refractivity contribution in [2.45, 2.75) is 6.92 Å². The molecule has 0 aromatic heterocycles. The molecule has 0 aliphatic heterocycles. The lowest BCUT2D eigenvalue weighted by atomic mass is 10.9. The van der Waals surface area contributed by atoms with Crippen molar-refractivity contribution in [2.24, 2.45) is 0 Å². The van der Waals surface area contributed by atoms with Crippen LogP contribution >= 0.6 is 7.83 Å². The third kappa shape index (κ3) is 3.13. The largest absolute Gasteiger partial charge is 0.442 e. The van der Waals surface area contributed by atoms with Gasteiger partial charge in [0.1, 0.15) is 0 Å². The first kappa shape index (κ1) is 8.08. The number of rotatable bonds is 3. The summed E-state index contributed by atoms with van der Waals surface area (Å²) in [5.74, 6) is 0. The molecule has 0 bridgehead atoms. The van der Waals surface area contributed by atoms with Crippen LogP contribution in [0.1, 0.15) is 6.92 Å². The Bertz CT molecular complexity index is 107. The average Bonchev–Trinajstić information content (AvgIpc) is 1.67. The Labute approximate surface area is 47.9 Å². The molecule has 50 valence electrons. The number of nitrogens with one attached hydrogen (secondary N) is 1. The molecule has 0 saturated heterocycles. The van der Waals surface area contributed by atoms with Crippen LogP contribution in [0.2, 0.25) is 0 Å². The van der Waals surface area contributed by atoms with Gasteiger partial charge in [0.2, 0.25) is 0 Å². The minimum Gasteiger partial charge on any atom is -0.294 e. The summed E-state index contributed by atoms with van der Waals surface area (Å²) in [6, 6.07) is 0. The van der Waals surface area contributed by atoms with E-state index in [4.69, 9.17) is 0 Å². The Kier molecular flexibility index (Phi) is 3.21. The summed E-state index contributed by atoms with van der Waals surface area (Å²) in [4.78, 5) is 0. The van der Waals surface area contributed by atoms with Gasteiger partial charge in [0.05, 0.1) is 6.61 Å². The van der Waals surface area contributed by atoms with Gasteiger partial charge in [0.15, 0.2) is 0 Å². The Morgan fingerprint density at radius 3 is 2.50 bits per heavy atom.